The van der Waals surface area contributed by atoms with Gasteiger partial charge in [0.2, 0.25) is 0 Å². The van der Waals surface area contributed by atoms with E-state index in [0.29, 0.717) is 17.1 Å². The quantitative estimate of drug-likeness (QED) is 0.797. The van der Waals surface area contributed by atoms with Gasteiger partial charge in [-0.2, -0.15) is 11.8 Å². The molecular formula is C14H21NO2S. The number of hydrogen-bond donors (Lipinski definition) is 2. The number of phenolic OH excluding ortho intramolecular Hbond substituents is 1. The Balaban J connectivity index is 1.87. The minimum absolute atomic E-state index is 0.211. The summed E-state index contributed by atoms with van der Waals surface area (Å²) in [6.45, 7) is 4.36. The standard InChI is InChI=1S/C14H21NO2S/c1-3-17-13-8-11(4-5-12(13)16)9-15-10-14(18-2)6-7-14/h4-5,8,15-16H,3,6-7,9-10H2,1-2H3. The van der Waals surface area contributed by atoms with Crippen molar-refractivity contribution in [2.24, 2.45) is 0 Å². The number of ether oxygens (including phenoxy) is 1. The van der Waals surface area contributed by atoms with Gasteiger partial charge >= 0.3 is 0 Å². The van der Waals surface area contributed by atoms with Crippen LogP contribution in [0.25, 0.3) is 0 Å². The first-order valence-electron chi connectivity index (χ1n) is 6.40. The molecule has 0 unspecified atom stereocenters. The van der Waals surface area contributed by atoms with Gasteiger partial charge in [0.15, 0.2) is 11.5 Å². The van der Waals surface area contributed by atoms with Crippen LogP contribution in [0.5, 0.6) is 11.5 Å². The molecule has 3 nitrogen and oxygen atoms in total. The summed E-state index contributed by atoms with van der Waals surface area (Å²) in [6.07, 6.45) is 4.82. The fraction of sp³-hybridized carbons (Fsp3) is 0.571. The first kappa shape index (κ1) is 13.6. The highest BCUT2D eigenvalue weighted by Gasteiger charge is 2.41. The van der Waals surface area contributed by atoms with Crippen LogP contribution < -0.4 is 10.1 Å². The number of hydrogen-bond acceptors (Lipinski definition) is 4. The zero-order chi connectivity index (χ0) is 13.0. The van der Waals surface area contributed by atoms with Crippen molar-refractivity contribution in [3.63, 3.8) is 0 Å². The van der Waals surface area contributed by atoms with Gasteiger partial charge in [0, 0.05) is 17.8 Å². The first-order chi connectivity index (χ1) is 8.69. The van der Waals surface area contributed by atoms with E-state index in [1.807, 2.05) is 30.8 Å². The van der Waals surface area contributed by atoms with E-state index in [9.17, 15) is 5.11 Å². The predicted molar refractivity (Wildman–Crippen MR) is 76.5 cm³/mol. The maximum absolute atomic E-state index is 9.62. The zero-order valence-electron chi connectivity index (χ0n) is 11.0. The lowest BCUT2D eigenvalue weighted by Gasteiger charge is -2.14. The third-order valence-electron chi connectivity index (χ3n) is 3.34. The highest BCUT2D eigenvalue weighted by Crippen LogP contribution is 2.46. The molecular weight excluding hydrogens is 246 g/mol. The lowest BCUT2D eigenvalue weighted by Crippen LogP contribution is -2.25. The van der Waals surface area contributed by atoms with Crippen LogP contribution in [0.4, 0.5) is 0 Å². The minimum atomic E-state index is 0.211. The second-order valence-electron chi connectivity index (χ2n) is 4.73. The Morgan fingerprint density at radius 3 is 2.83 bits per heavy atom. The van der Waals surface area contributed by atoms with E-state index in [2.05, 4.69) is 11.6 Å². The van der Waals surface area contributed by atoms with Crippen molar-refractivity contribution in [1.29, 1.82) is 0 Å². The Kier molecular flexibility index (Phi) is 4.40. The van der Waals surface area contributed by atoms with Gasteiger partial charge in [-0.05, 0) is 43.7 Å². The molecule has 0 atom stereocenters. The van der Waals surface area contributed by atoms with Gasteiger partial charge in [0.1, 0.15) is 0 Å². The van der Waals surface area contributed by atoms with Crippen molar-refractivity contribution >= 4 is 11.8 Å². The summed E-state index contributed by atoms with van der Waals surface area (Å²) in [5.41, 5.74) is 1.15. The van der Waals surface area contributed by atoms with Gasteiger partial charge < -0.3 is 15.2 Å². The summed E-state index contributed by atoms with van der Waals surface area (Å²) in [7, 11) is 0. The van der Waals surface area contributed by atoms with Crippen LogP contribution in [-0.2, 0) is 6.54 Å². The molecule has 1 saturated carbocycles. The molecule has 18 heavy (non-hydrogen) atoms. The first-order valence-corrected chi connectivity index (χ1v) is 7.62. The summed E-state index contributed by atoms with van der Waals surface area (Å²) in [6, 6.07) is 5.54. The Hall–Kier alpha value is -0.870. The lowest BCUT2D eigenvalue weighted by atomic mass is 10.2. The topological polar surface area (TPSA) is 41.5 Å². The highest BCUT2D eigenvalue weighted by molar-refractivity contribution is 8.00. The van der Waals surface area contributed by atoms with Crippen LogP contribution >= 0.6 is 11.8 Å². The van der Waals surface area contributed by atoms with Crippen LogP contribution in [0.1, 0.15) is 25.3 Å². The molecule has 1 aliphatic carbocycles. The van der Waals surface area contributed by atoms with Gasteiger partial charge in [-0.25, -0.2) is 0 Å². The van der Waals surface area contributed by atoms with E-state index in [-0.39, 0.29) is 5.75 Å². The highest BCUT2D eigenvalue weighted by atomic mass is 32.2. The van der Waals surface area contributed by atoms with E-state index in [1.54, 1.807) is 6.07 Å². The molecule has 0 heterocycles. The molecule has 1 fully saturated rings. The molecule has 100 valence electrons. The summed E-state index contributed by atoms with van der Waals surface area (Å²) >= 11 is 1.96. The van der Waals surface area contributed by atoms with Gasteiger partial charge in [-0.1, -0.05) is 6.07 Å². The van der Waals surface area contributed by atoms with Crippen molar-refractivity contribution in [1.82, 2.24) is 5.32 Å². The molecule has 0 bridgehead atoms. The molecule has 4 heteroatoms. The van der Waals surface area contributed by atoms with Crippen LogP contribution in [0.15, 0.2) is 18.2 Å². The summed E-state index contributed by atoms with van der Waals surface area (Å²) < 4.78 is 5.86. The fourth-order valence-electron chi connectivity index (χ4n) is 1.97. The number of thioether (sulfide) groups is 1. The van der Waals surface area contributed by atoms with Crippen LogP contribution in [0.3, 0.4) is 0 Å². The number of rotatable bonds is 7. The SMILES string of the molecule is CCOc1cc(CNCC2(SC)CC2)ccc1O. The smallest absolute Gasteiger partial charge is 0.161 e. The van der Waals surface area contributed by atoms with E-state index < -0.39 is 0 Å². The largest absolute Gasteiger partial charge is 0.504 e. The van der Waals surface area contributed by atoms with Crippen molar-refractivity contribution in [3.05, 3.63) is 23.8 Å². The molecule has 2 rings (SSSR count). The molecule has 0 spiro atoms. The Bertz CT molecular complexity index is 405. The van der Waals surface area contributed by atoms with Crippen LogP contribution in [0.2, 0.25) is 0 Å². The number of benzene rings is 1. The molecule has 0 amide bonds. The number of nitrogens with one attached hydrogen (secondary N) is 1. The van der Waals surface area contributed by atoms with Gasteiger partial charge in [0.05, 0.1) is 6.61 Å². The number of aromatic hydroxyl groups is 1. The van der Waals surface area contributed by atoms with Crippen molar-refractivity contribution in [3.8, 4) is 11.5 Å². The fourth-order valence-corrected chi connectivity index (χ4v) is 2.72. The second-order valence-corrected chi connectivity index (χ2v) is 6.00. The third-order valence-corrected chi connectivity index (χ3v) is 4.76. The van der Waals surface area contributed by atoms with E-state index >= 15 is 0 Å². The normalized spacial score (nSPS) is 16.6. The van der Waals surface area contributed by atoms with Crippen LogP contribution in [-0.4, -0.2) is 29.3 Å². The molecule has 0 saturated heterocycles. The average molecular weight is 267 g/mol. The Morgan fingerprint density at radius 2 is 2.22 bits per heavy atom. The van der Waals surface area contributed by atoms with Gasteiger partial charge in [0.25, 0.3) is 0 Å². The third kappa shape index (κ3) is 3.33. The molecule has 2 N–H and O–H groups in total. The van der Waals surface area contributed by atoms with Crippen molar-refractivity contribution in [2.75, 3.05) is 19.4 Å². The van der Waals surface area contributed by atoms with E-state index in [4.69, 9.17) is 4.74 Å². The van der Waals surface area contributed by atoms with Gasteiger partial charge in [-0.15, -0.1) is 0 Å². The maximum atomic E-state index is 9.62. The average Bonchev–Trinajstić information content (AvgIpc) is 3.14. The van der Waals surface area contributed by atoms with Crippen molar-refractivity contribution < 1.29 is 9.84 Å². The molecule has 1 aromatic carbocycles. The summed E-state index contributed by atoms with van der Waals surface area (Å²) in [5.74, 6) is 0.783. The predicted octanol–water partition coefficient (Wildman–Crippen LogP) is 2.78. The molecule has 0 radical (unpaired) electrons. The number of phenols is 1. The maximum Gasteiger partial charge on any atom is 0.161 e. The molecule has 0 aromatic heterocycles. The summed E-state index contributed by atoms with van der Waals surface area (Å²) in [4.78, 5) is 0. The zero-order valence-corrected chi connectivity index (χ0v) is 11.8. The minimum Gasteiger partial charge on any atom is -0.504 e. The summed E-state index contributed by atoms with van der Waals surface area (Å²) in [5, 5.41) is 13.1. The molecule has 1 aromatic rings. The van der Waals surface area contributed by atoms with Gasteiger partial charge in [-0.3, -0.25) is 0 Å². The Labute approximate surface area is 113 Å². The van der Waals surface area contributed by atoms with E-state index in [0.717, 1.165) is 18.7 Å². The molecule has 0 aliphatic heterocycles. The van der Waals surface area contributed by atoms with E-state index in [1.165, 1.54) is 12.8 Å². The molecule has 1 aliphatic rings. The van der Waals surface area contributed by atoms with Crippen LogP contribution in [0, 0.1) is 0 Å². The Morgan fingerprint density at radius 1 is 1.44 bits per heavy atom. The monoisotopic (exact) mass is 267 g/mol. The lowest BCUT2D eigenvalue weighted by molar-refractivity contribution is 0.317. The second kappa shape index (κ2) is 5.85. The van der Waals surface area contributed by atoms with Crippen molar-refractivity contribution in [2.45, 2.75) is 31.1 Å².